The number of aliphatic hydroxyl groups excluding tert-OH is 1. The van der Waals surface area contributed by atoms with Gasteiger partial charge in [0.1, 0.15) is 0 Å². The summed E-state index contributed by atoms with van der Waals surface area (Å²) >= 11 is 0. The summed E-state index contributed by atoms with van der Waals surface area (Å²) in [5, 5.41) is 14.2. The minimum Gasteiger partial charge on any atom is -0.392 e. The summed E-state index contributed by atoms with van der Waals surface area (Å²) < 4.78 is 0. The average Bonchev–Trinajstić information content (AvgIpc) is 2.35. The van der Waals surface area contributed by atoms with E-state index in [2.05, 4.69) is 10.6 Å². The van der Waals surface area contributed by atoms with Crippen LogP contribution < -0.4 is 10.6 Å². The van der Waals surface area contributed by atoms with Crippen molar-refractivity contribution in [2.24, 2.45) is 5.41 Å². The summed E-state index contributed by atoms with van der Waals surface area (Å²) in [5.74, 6) is -0.473. The lowest BCUT2D eigenvalue weighted by atomic mass is 9.96. The Bertz CT molecular complexity index is 464. The molecule has 0 radical (unpaired) electrons. The van der Waals surface area contributed by atoms with Crippen molar-refractivity contribution in [1.29, 1.82) is 0 Å². The zero-order valence-corrected chi connectivity index (χ0v) is 11.5. The molecular formula is C14H20N2O3. The number of aliphatic hydroxyl groups is 1. The molecule has 0 fully saturated rings. The van der Waals surface area contributed by atoms with Crippen molar-refractivity contribution >= 4 is 17.5 Å². The second-order valence-corrected chi connectivity index (χ2v) is 5.34. The van der Waals surface area contributed by atoms with E-state index in [4.69, 9.17) is 5.11 Å². The highest BCUT2D eigenvalue weighted by Crippen LogP contribution is 2.12. The number of benzene rings is 1. The molecule has 5 heteroatoms. The first kappa shape index (κ1) is 15.2. The number of hydrogen-bond donors (Lipinski definition) is 3. The SMILES string of the molecule is CC(C)(C)C(=O)NCC(=O)Nc1cccc(CO)c1. The van der Waals surface area contributed by atoms with Gasteiger partial charge in [0.2, 0.25) is 11.8 Å². The number of carbonyl (C=O) groups excluding carboxylic acids is 2. The first-order valence-electron chi connectivity index (χ1n) is 6.11. The lowest BCUT2D eigenvalue weighted by Gasteiger charge is -2.17. The molecule has 2 amide bonds. The fraction of sp³-hybridized carbons (Fsp3) is 0.429. The maximum absolute atomic E-state index is 11.7. The molecule has 1 aromatic carbocycles. The first-order chi connectivity index (χ1) is 8.82. The van der Waals surface area contributed by atoms with Gasteiger partial charge >= 0.3 is 0 Å². The van der Waals surface area contributed by atoms with E-state index in [0.717, 1.165) is 5.56 Å². The molecule has 104 valence electrons. The van der Waals surface area contributed by atoms with Crippen LogP contribution in [-0.2, 0) is 16.2 Å². The van der Waals surface area contributed by atoms with E-state index in [9.17, 15) is 9.59 Å². The molecule has 1 aromatic rings. The summed E-state index contributed by atoms with van der Waals surface area (Å²) in [5.41, 5.74) is 0.801. The van der Waals surface area contributed by atoms with E-state index in [-0.39, 0.29) is 25.0 Å². The van der Waals surface area contributed by atoms with Gasteiger partial charge in [-0.3, -0.25) is 9.59 Å². The van der Waals surface area contributed by atoms with E-state index < -0.39 is 5.41 Å². The van der Waals surface area contributed by atoms with E-state index in [1.807, 2.05) is 0 Å². The summed E-state index contributed by atoms with van der Waals surface area (Å²) in [6.45, 7) is 5.20. The molecule has 0 aliphatic carbocycles. The van der Waals surface area contributed by atoms with Crippen molar-refractivity contribution in [3.63, 3.8) is 0 Å². The molecule has 0 spiro atoms. The van der Waals surface area contributed by atoms with Crippen LogP contribution in [0.4, 0.5) is 5.69 Å². The second kappa shape index (κ2) is 6.33. The summed E-state index contributed by atoms with van der Waals surface area (Å²) in [6.07, 6.45) is 0. The molecule has 5 nitrogen and oxygen atoms in total. The zero-order chi connectivity index (χ0) is 14.5. The standard InChI is InChI=1S/C14H20N2O3/c1-14(2,3)13(19)15-8-12(18)16-11-6-4-5-10(7-11)9-17/h4-7,17H,8-9H2,1-3H3,(H,15,19)(H,16,18). The van der Waals surface area contributed by atoms with Gasteiger partial charge in [0.15, 0.2) is 0 Å². The van der Waals surface area contributed by atoms with Crippen LogP contribution in [0.5, 0.6) is 0 Å². The Kier molecular flexibility index (Phi) is 5.06. The minimum atomic E-state index is -0.517. The number of carbonyl (C=O) groups is 2. The molecule has 0 heterocycles. The predicted molar refractivity (Wildman–Crippen MR) is 73.5 cm³/mol. The van der Waals surface area contributed by atoms with Crippen molar-refractivity contribution in [3.8, 4) is 0 Å². The van der Waals surface area contributed by atoms with Gasteiger partial charge < -0.3 is 15.7 Å². The summed E-state index contributed by atoms with van der Waals surface area (Å²) in [6, 6.07) is 6.91. The van der Waals surface area contributed by atoms with Crippen molar-refractivity contribution in [3.05, 3.63) is 29.8 Å². The van der Waals surface area contributed by atoms with E-state index in [1.54, 1.807) is 45.0 Å². The van der Waals surface area contributed by atoms with Gasteiger partial charge in [0.25, 0.3) is 0 Å². The molecule has 19 heavy (non-hydrogen) atoms. The molecular weight excluding hydrogens is 244 g/mol. The van der Waals surface area contributed by atoms with E-state index in [1.165, 1.54) is 0 Å². The van der Waals surface area contributed by atoms with E-state index >= 15 is 0 Å². The smallest absolute Gasteiger partial charge is 0.243 e. The van der Waals surface area contributed by atoms with Crippen LogP contribution >= 0.6 is 0 Å². The van der Waals surface area contributed by atoms with Crippen molar-refractivity contribution < 1.29 is 14.7 Å². The minimum absolute atomic E-state index is 0.0700. The molecule has 0 saturated heterocycles. The Balaban J connectivity index is 2.49. The van der Waals surface area contributed by atoms with Crippen LogP contribution in [0.15, 0.2) is 24.3 Å². The molecule has 3 N–H and O–H groups in total. The van der Waals surface area contributed by atoms with Crippen molar-refractivity contribution in [2.75, 3.05) is 11.9 Å². The van der Waals surface area contributed by atoms with Crippen LogP contribution in [0.2, 0.25) is 0 Å². The van der Waals surface area contributed by atoms with Gasteiger partial charge in [-0.05, 0) is 17.7 Å². The highest BCUT2D eigenvalue weighted by Gasteiger charge is 2.21. The van der Waals surface area contributed by atoms with Gasteiger partial charge in [-0.15, -0.1) is 0 Å². The third-order valence-corrected chi connectivity index (χ3v) is 2.48. The first-order valence-corrected chi connectivity index (χ1v) is 6.11. The predicted octanol–water partition coefficient (Wildman–Crippen LogP) is 1.28. The molecule has 0 atom stereocenters. The van der Waals surface area contributed by atoms with Crippen LogP contribution in [0.1, 0.15) is 26.3 Å². The summed E-state index contributed by atoms with van der Waals surface area (Å²) in [7, 11) is 0. The highest BCUT2D eigenvalue weighted by molar-refractivity contribution is 5.95. The summed E-state index contributed by atoms with van der Waals surface area (Å²) in [4.78, 5) is 23.3. The number of hydrogen-bond acceptors (Lipinski definition) is 3. The maximum atomic E-state index is 11.7. The van der Waals surface area contributed by atoms with Crippen LogP contribution in [-0.4, -0.2) is 23.5 Å². The molecule has 1 rings (SSSR count). The number of anilines is 1. The highest BCUT2D eigenvalue weighted by atomic mass is 16.3. The van der Waals surface area contributed by atoms with Crippen LogP contribution in [0, 0.1) is 5.41 Å². The molecule has 0 saturated carbocycles. The Morgan fingerprint density at radius 2 is 1.95 bits per heavy atom. The van der Waals surface area contributed by atoms with Gasteiger partial charge in [-0.25, -0.2) is 0 Å². The Labute approximate surface area is 113 Å². The van der Waals surface area contributed by atoms with Gasteiger partial charge in [0, 0.05) is 11.1 Å². The average molecular weight is 264 g/mol. The van der Waals surface area contributed by atoms with Gasteiger partial charge in [-0.1, -0.05) is 32.9 Å². The normalized spacial score (nSPS) is 10.9. The third-order valence-electron chi connectivity index (χ3n) is 2.48. The molecule has 0 aliphatic heterocycles. The molecule has 0 bridgehead atoms. The molecule has 0 unspecified atom stereocenters. The van der Waals surface area contributed by atoms with Crippen molar-refractivity contribution in [1.82, 2.24) is 5.32 Å². The second-order valence-electron chi connectivity index (χ2n) is 5.34. The van der Waals surface area contributed by atoms with Gasteiger partial charge in [-0.2, -0.15) is 0 Å². The third kappa shape index (κ3) is 5.09. The molecule has 0 aliphatic rings. The zero-order valence-electron chi connectivity index (χ0n) is 11.5. The number of amides is 2. The lowest BCUT2D eigenvalue weighted by Crippen LogP contribution is -2.39. The van der Waals surface area contributed by atoms with Gasteiger partial charge in [0.05, 0.1) is 13.2 Å². The Morgan fingerprint density at radius 3 is 2.53 bits per heavy atom. The van der Waals surface area contributed by atoms with E-state index in [0.29, 0.717) is 5.69 Å². The Morgan fingerprint density at radius 1 is 1.26 bits per heavy atom. The molecule has 0 aromatic heterocycles. The lowest BCUT2D eigenvalue weighted by molar-refractivity contribution is -0.130. The Hall–Kier alpha value is -1.88. The maximum Gasteiger partial charge on any atom is 0.243 e. The monoisotopic (exact) mass is 264 g/mol. The fourth-order valence-corrected chi connectivity index (χ4v) is 1.38. The van der Waals surface area contributed by atoms with Crippen LogP contribution in [0.25, 0.3) is 0 Å². The largest absolute Gasteiger partial charge is 0.392 e. The topological polar surface area (TPSA) is 78.4 Å². The van der Waals surface area contributed by atoms with Crippen LogP contribution in [0.3, 0.4) is 0 Å². The quantitative estimate of drug-likeness (QED) is 0.766. The number of rotatable bonds is 4. The number of nitrogens with one attached hydrogen (secondary N) is 2. The fourth-order valence-electron chi connectivity index (χ4n) is 1.38. The van der Waals surface area contributed by atoms with Crippen molar-refractivity contribution in [2.45, 2.75) is 27.4 Å².